The van der Waals surface area contributed by atoms with Gasteiger partial charge in [0.25, 0.3) is 0 Å². The number of carboxylic acids is 2. The van der Waals surface area contributed by atoms with E-state index in [-0.39, 0.29) is 62.6 Å². The van der Waals surface area contributed by atoms with E-state index in [1.807, 2.05) is 0 Å². The number of phenols is 1. The number of thioether (sulfide) groups is 1. The third-order valence-electron chi connectivity index (χ3n) is 13.7. The van der Waals surface area contributed by atoms with Crippen molar-refractivity contribution >= 4 is 94.6 Å². The van der Waals surface area contributed by atoms with Crippen molar-refractivity contribution < 1.29 is 103 Å². The molecule has 11 atom stereocenters. The van der Waals surface area contributed by atoms with Crippen LogP contribution in [0.4, 0.5) is 0 Å². The van der Waals surface area contributed by atoms with Crippen molar-refractivity contribution in [2.24, 2.45) is 23.1 Å². The second-order valence-corrected chi connectivity index (χ2v) is 23.0. The van der Waals surface area contributed by atoms with Crippen molar-refractivity contribution in [1.29, 1.82) is 5.41 Å². The summed E-state index contributed by atoms with van der Waals surface area (Å²) in [6.45, 7) is 2.89. The predicted molar refractivity (Wildman–Crippen MR) is 326 cm³/mol. The summed E-state index contributed by atoms with van der Waals surface area (Å²) in [7, 11) is 0. The highest BCUT2D eigenvalue weighted by Crippen LogP contribution is 2.26. The molecule has 1 fully saturated rings. The molecule has 1 saturated heterocycles. The molecule has 36 nitrogen and oxygen atoms in total. The highest BCUT2D eigenvalue weighted by molar-refractivity contribution is 8.00. The van der Waals surface area contributed by atoms with Gasteiger partial charge in [-0.1, -0.05) is 26.0 Å². The first-order chi connectivity index (χ1) is 43.4. The van der Waals surface area contributed by atoms with Crippen LogP contribution in [0.3, 0.4) is 0 Å². The minimum absolute atomic E-state index is 0.00218. The largest absolute Gasteiger partial charge is 0.508 e. The van der Waals surface area contributed by atoms with E-state index in [1.165, 1.54) is 31.2 Å². The number of aliphatic carboxylic acids is 2. The number of hydrogen-bond donors (Lipinski definition) is 21. The second kappa shape index (κ2) is 41.9. The summed E-state index contributed by atoms with van der Waals surface area (Å²) in [6, 6.07) is -8.31. The number of benzene rings is 1. The summed E-state index contributed by atoms with van der Waals surface area (Å²) in [4.78, 5) is 173. The average molecular weight is 1330 g/mol. The van der Waals surface area contributed by atoms with Crippen LogP contribution >= 0.6 is 11.8 Å². The number of carbonyl (C=O) groups is 13. The third kappa shape index (κ3) is 29.7. The summed E-state index contributed by atoms with van der Waals surface area (Å²) < 4.78 is 5.33. The van der Waals surface area contributed by atoms with Crippen molar-refractivity contribution in [3.8, 4) is 5.75 Å². The Labute approximate surface area is 533 Å². The first-order valence-electron chi connectivity index (χ1n) is 29.4. The molecule has 1 aromatic rings. The summed E-state index contributed by atoms with van der Waals surface area (Å²) in [5.41, 5.74) is 16.4. The van der Waals surface area contributed by atoms with E-state index in [0.717, 1.165) is 16.7 Å². The number of unbranched alkanes of at least 4 members (excludes halogenated alkanes) is 1. The first kappa shape index (κ1) is 79.8. The number of aliphatic hydroxyl groups excluding tert-OH is 4. The number of primary amides is 1. The van der Waals surface area contributed by atoms with Gasteiger partial charge < -0.3 is 111 Å². The molecule has 0 saturated carbocycles. The van der Waals surface area contributed by atoms with E-state index >= 15 is 0 Å². The SMILES string of the molecule is CC(C)CC(NC(=O)C(CCCNC(=N)N)NC(=O)C(CCC(N)=O)NC(=O)C(Cc1ccc(O)cc1)NC(=O)C(CC(=O)O)NC(=O)C(CO)NC(=O)C(C)NC(=O)CN)C(=O)NC(CSC1CC(=O)N(CCCCNCCO[C@H](CO)[C@@H](O)CO)C1=O)C(=O)O. The smallest absolute Gasteiger partial charge is 0.327 e. The topological polar surface area (TPSA) is 598 Å². The number of nitrogens with one attached hydrogen (secondary N) is 11. The molecule has 37 heteroatoms. The Hall–Kier alpha value is -8.33. The molecule has 1 aliphatic rings. The molecule has 1 heterocycles. The van der Waals surface area contributed by atoms with E-state index in [1.54, 1.807) is 13.8 Å². The lowest BCUT2D eigenvalue weighted by Crippen LogP contribution is -2.61. The van der Waals surface area contributed by atoms with Crippen LogP contribution in [-0.2, 0) is 73.5 Å². The number of imide groups is 1. The normalized spacial score (nSPS) is 16.2. The van der Waals surface area contributed by atoms with E-state index in [0.29, 0.717) is 25.9 Å². The summed E-state index contributed by atoms with van der Waals surface area (Å²) in [6.07, 6.45) is -4.60. The third-order valence-corrected chi connectivity index (χ3v) is 15.0. The van der Waals surface area contributed by atoms with Crippen molar-refractivity contribution in [1.82, 2.24) is 58.1 Å². The standard InChI is InChI=1S/C55H89N15O21S/c1-28(2)19-34(49(84)69-38(54(89)90)27-92-41-22-44(78)70(53(41)88)17-5-4-14-60-16-18-91-40(26-73)39(75)25-72)65-47(82)32(7-6-15-61-55(58)59)63-48(83)33(12-13-42(57)76)64-50(85)35(20-30-8-10-31(74)11-9-30)66-51(86)36(21-45(79)80)67-52(87)37(24-71)68-46(81)29(3)62-43(77)23-56/h8-11,28-29,32-41,60,71-75H,4-7,12-27,56H2,1-3H3,(H2,57,76)(H,62,77)(H,63,83)(H,64,85)(H,65,82)(H,66,86)(H,67,87)(H,68,81)(H,69,84)(H,79,80)(H,89,90)(H4,58,59,61)/t29?,32?,33?,34?,35?,36?,37?,38?,39-,40+,41?/m0/s1. The number of aliphatic hydroxyl groups is 4. The van der Waals surface area contributed by atoms with Crippen molar-refractivity contribution in [3.63, 3.8) is 0 Å². The Morgan fingerprint density at radius 1 is 0.674 bits per heavy atom. The zero-order valence-electron chi connectivity index (χ0n) is 51.3. The van der Waals surface area contributed by atoms with Gasteiger partial charge in [0.05, 0.1) is 44.6 Å². The van der Waals surface area contributed by atoms with Crippen molar-refractivity contribution in [2.75, 3.05) is 64.9 Å². The van der Waals surface area contributed by atoms with Gasteiger partial charge in [-0.05, 0) is 75.6 Å². The number of amides is 11. The number of guanidine groups is 1. The number of hydrogen-bond acceptors (Lipinski definition) is 23. The van der Waals surface area contributed by atoms with E-state index in [4.69, 9.17) is 32.5 Å². The average Bonchev–Trinajstić information content (AvgIpc) is 1.89. The molecule has 1 aliphatic heterocycles. The molecular weight excluding hydrogens is 1240 g/mol. The fraction of sp³-hybridized carbons (Fsp3) is 0.636. The number of nitrogens with two attached hydrogens (primary N) is 3. The molecule has 9 unspecified atom stereocenters. The van der Waals surface area contributed by atoms with Crippen LogP contribution in [0.25, 0.3) is 0 Å². The van der Waals surface area contributed by atoms with Crippen LogP contribution in [0.2, 0.25) is 0 Å². The maximum Gasteiger partial charge on any atom is 0.327 e. The van der Waals surface area contributed by atoms with Crippen LogP contribution in [0.1, 0.15) is 84.1 Å². The monoisotopic (exact) mass is 1330 g/mol. The van der Waals surface area contributed by atoms with E-state index in [9.17, 15) is 93.0 Å². The maximum atomic E-state index is 14.4. The molecule has 92 heavy (non-hydrogen) atoms. The molecule has 0 aromatic heterocycles. The van der Waals surface area contributed by atoms with Gasteiger partial charge in [-0.15, -0.1) is 11.8 Å². The fourth-order valence-corrected chi connectivity index (χ4v) is 9.92. The van der Waals surface area contributed by atoms with Gasteiger partial charge in [0.1, 0.15) is 66.3 Å². The number of rotatable bonds is 46. The molecule has 0 radical (unpaired) electrons. The number of nitrogens with zero attached hydrogens (tertiary/aromatic N) is 1. The minimum atomic E-state index is -2.03. The summed E-state index contributed by atoms with van der Waals surface area (Å²) in [5.74, 6) is -15.3. The molecule has 0 bridgehead atoms. The Morgan fingerprint density at radius 3 is 1.79 bits per heavy atom. The lowest BCUT2D eigenvalue weighted by Gasteiger charge is -2.28. The second-order valence-electron chi connectivity index (χ2n) is 21.7. The first-order valence-corrected chi connectivity index (χ1v) is 30.5. The molecule has 0 aliphatic carbocycles. The summed E-state index contributed by atoms with van der Waals surface area (Å²) in [5, 5.41) is 98.7. The van der Waals surface area contributed by atoms with Gasteiger partial charge in [-0.3, -0.25) is 67.8 Å². The molecule has 0 spiro atoms. The van der Waals surface area contributed by atoms with Crippen LogP contribution in [0, 0.1) is 11.3 Å². The Bertz CT molecular complexity index is 2680. The van der Waals surface area contributed by atoms with Gasteiger partial charge >= 0.3 is 11.9 Å². The van der Waals surface area contributed by atoms with E-state index < -0.39 is 206 Å². The Balaban J connectivity index is 2.37. The lowest BCUT2D eigenvalue weighted by atomic mass is 10.0. The number of phenolic OH excluding ortho intramolecular Hbond substituents is 1. The molecule has 2 rings (SSSR count). The van der Waals surface area contributed by atoms with Gasteiger partial charge in [0, 0.05) is 44.6 Å². The number of aromatic hydroxyl groups is 1. The molecular formula is C55H89N15O21S. The van der Waals surface area contributed by atoms with Gasteiger partial charge in [0.2, 0.25) is 65.0 Å². The quantitative estimate of drug-likeness (QED) is 0.0125. The van der Waals surface area contributed by atoms with E-state index in [2.05, 4.69) is 53.2 Å². The maximum absolute atomic E-state index is 14.4. The van der Waals surface area contributed by atoms with Crippen molar-refractivity contribution in [2.45, 2.75) is 151 Å². The highest BCUT2D eigenvalue weighted by atomic mass is 32.2. The number of ether oxygens (including phenoxy) is 1. The number of likely N-dealkylation sites (tertiary alicyclic amines) is 1. The molecule has 1 aromatic carbocycles. The number of carbonyl (C=O) groups excluding carboxylic acids is 11. The van der Waals surface area contributed by atoms with Crippen LogP contribution < -0.4 is 70.4 Å². The van der Waals surface area contributed by atoms with Crippen LogP contribution in [0.5, 0.6) is 5.75 Å². The zero-order valence-corrected chi connectivity index (χ0v) is 52.1. The highest BCUT2D eigenvalue weighted by Gasteiger charge is 2.40. The molecule has 516 valence electrons. The number of carboxylic acid groups (broad SMARTS) is 2. The van der Waals surface area contributed by atoms with Crippen molar-refractivity contribution in [3.05, 3.63) is 29.8 Å². The molecule has 11 amide bonds. The van der Waals surface area contributed by atoms with Crippen LogP contribution in [-0.4, -0.2) is 254 Å². The van der Waals surface area contributed by atoms with Gasteiger partial charge in [-0.25, -0.2) is 4.79 Å². The minimum Gasteiger partial charge on any atom is -0.508 e. The lowest BCUT2D eigenvalue weighted by molar-refractivity contribution is -0.142. The van der Waals surface area contributed by atoms with Gasteiger partial charge in [-0.2, -0.15) is 0 Å². The Morgan fingerprint density at radius 2 is 1.23 bits per heavy atom. The fourth-order valence-electron chi connectivity index (χ4n) is 8.74. The molecule has 24 N–H and O–H groups in total. The summed E-state index contributed by atoms with van der Waals surface area (Å²) >= 11 is 0.825. The van der Waals surface area contributed by atoms with Crippen LogP contribution in [0.15, 0.2) is 24.3 Å². The Kier molecular flexibility index (Phi) is 36.4. The van der Waals surface area contributed by atoms with Gasteiger partial charge in [0.15, 0.2) is 5.96 Å². The predicted octanol–water partition coefficient (Wildman–Crippen LogP) is -8.12. The zero-order chi connectivity index (χ0) is 69.2.